The van der Waals surface area contributed by atoms with Gasteiger partial charge >= 0.3 is 5.69 Å². The van der Waals surface area contributed by atoms with E-state index in [4.69, 9.17) is 0 Å². The van der Waals surface area contributed by atoms with Gasteiger partial charge in [-0.1, -0.05) is 6.07 Å². The maximum absolute atomic E-state index is 13.2. The first-order chi connectivity index (χ1) is 8.41. The second-order valence-corrected chi connectivity index (χ2v) is 3.97. The van der Waals surface area contributed by atoms with Gasteiger partial charge in [0, 0.05) is 0 Å². The van der Waals surface area contributed by atoms with Crippen LogP contribution in [0.1, 0.15) is 11.1 Å². The number of nitrogens with one attached hydrogen (secondary N) is 1. The summed E-state index contributed by atoms with van der Waals surface area (Å²) in [6.45, 7) is 3.04. The quantitative estimate of drug-likeness (QED) is 0.792. The van der Waals surface area contributed by atoms with Gasteiger partial charge in [0.05, 0.1) is 11.3 Å². The lowest BCUT2D eigenvalue weighted by molar-refractivity contribution is 0.425. The fraction of sp³-hybridized carbons (Fsp3) is 0.167. The molecular weight excluding hydrogens is 239 g/mol. The number of aromatic amines is 1. The zero-order valence-electron chi connectivity index (χ0n) is 9.82. The summed E-state index contributed by atoms with van der Waals surface area (Å²) in [5, 5.41) is 9.85. The normalized spacial score (nSPS) is 10.6. The number of H-pyrrole nitrogens is 1. The molecule has 0 spiro atoms. The summed E-state index contributed by atoms with van der Waals surface area (Å²) in [5.41, 5.74) is -0.685. The number of halogens is 1. The van der Waals surface area contributed by atoms with Crippen molar-refractivity contribution in [2.24, 2.45) is 0 Å². The van der Waals surface area contributed by atoms with Crippen molar-refractivity contribution in [3.05, 3.63) is 56.0 Å². The highest BCUT2D eigenvalue weighted by Gasteiger charge is 2.14. The van der Waals surface area contributed by atoms with E-state index in [2.05, 4.69) is 4.98 Å². The summed E-state index contributed by atoms with van der Waals surface area (Å²) in [5.74, 6) is -1.02. The Labute approximate surface area is 101 Å². The van der Waals surface area contributed by atoms with E-state index in [-0.39, 0.29) is 11.3 Å². The summed E-state index contributed by atoms with van der Waals surface area (Å²) in [7, 11) is 0. The molecule has 0 aliphatic carbocycles. The van der Waals surface area contributed by atoms with Crippen molar-refractivity contribution in [2.75, 3.05) is 0 Å². The summed E-state index contributed by atoms with van der Waals surface area (Å²) in [4.78, 5) is 25.1. The van der Waals surface area contributed by atoms with Crippen LogP contribution in [0.15, 0.2) is 27.8 Å². The van der Waals surface area contributed by atoms with Gasteiger partial charge in [0.1, 0.15) is 5.82 Å². The molecule has 18 heavy (non-hydrogen) atoms. The standard InChI is InChI=1S/C12H11FN2O3/c1-6-3-4-8(13)5-9(6)15-11(17)7(2)10(16)14-12(15)18/h3-5,17H,1-2H3,(H,14,16,18). The zero-order valence-corrected chi connectivity index (χ0v) is 9.82. The monoisotopic (exact) mass is 250 g/mol. The predicted octanol–water partition coefficient (Wildman–Crippen LogP) is 0.987. The molecule has 0 amide bonds. The fourth-order valence-corrected chi connectivity index (χ4v) is 1.66. The second-order valence-electron chi connectivity index (χ2n) is 3.97. The highest BCUT2D eigenvalue weighted by atomic mass is 19.1. The molecule has 0 fully saturated rings. The van der Waals surface area contributed by atoms with Crippen molar-refractivity contribution < 1.29 is 9.50 Å². The van der Waals surface area contributed by atoms with Crippen LogP contribution in [0, 0.1) is 19.7 Å². The molecule has 0 radical (unpaired) electrons. The molecule has 0 saturated heterocycles. The Morgan fingerprint density at radius 2 is 1.94 bits per heavy atom. The third-order valence-corrected chi connectivity index (χ3v) is 2.72. The molecule has 1 aromatic carbocycles. The summed E-state index contributed by atoms with van der Waals surface area (Å²) >= 11 is 0. The van der Waals surface area contributed by atoms with Crippen LogP contribution in [0.5, 0.6) is 5.88 Å². The minimum atomic E-state index is -0.809. The van der Waals surface area contributed by atoms with Gasteiger partial charge in [-0.3, -0.25) is 9.78 Å². The Bertz CT molecular complexity index is 731. The molecule has 1 aromatic heterocycles. The van der Waals surface area contributed by atoms with Gasteiger partial charge in [0.2, 0.25) is 5.88 Å². The Hall–Kier alpha value is -2.37. The van der Waals surface area contributed by atoms with Gasteiger partial charge in [0.15, 0.2) is 0 Å². The lowest BCUT2D eigenvalue weighted by Gasteiger charge is -2.11. The van der Waals surface area contributed by atoms with Crippen molar-refractivity contribution in [3.8, 4) is 11.6 Å². The number of hydrogen-bond donors (Lipinski definition) is 2. The van der Waals surface area contributed by atoms with Crippen LogP contribution in [0.2, 0.25) is 0 Å². The van der Waals surface area contributed by atoms with Crippen molar-refractivity contribution in [1.82, 2.24) is 9.55 Å². The fourth-order valence-electron chi connectivity index (χ4n) is 1.66. The van der Waals surface area contributed by atoms with Crippen LogP contribution in [0.4, 0.5) is 4.39 Å². The SMILES string of the molecule is Cc1ccc(F)cc1-n1c(O)c(C)c(=O)[nH]c1=O. The van der Waals surface area contributed by atoms with Crippen LogP contribution < -0.4 is 11.2 Å². The predicted molar refractivity (Wildman–Crippen MR) is 63.8 cm³/mol. The van der Waals surface area contributed by atoms with Crippen LogP contribution in [0.25, 0.3) is 5.69 Å². The zero-order chi connectivity index (χ0) is 13.4. The molecule has 0 aliphatic heterocycles. The number of benzene rings is 1. The number of aromatic nitrogens is 2. The largest absolute Gasteiger partial charge is 0.494 e. The first kappa shape index (κ1) is 12.1. The minimum absolute atomic E-state index is 0.00161. The summed E-state index contributed by atoms with van der Waals surface area (Å²) in [6, 6.07) is 3.85. The first-order valence-electron chi connectivity index (χ1n) is 5.23. The van der Waals surface area contributed by atoms with E-state index in [1.165, 1.54) is 19.1 Å². The van der Waals surface area contributed by atoms with E-state index in [1.807, 2.05) is 0 Å². The van der Waals surface area contributed by atoms with Crippen molar-refractivity contribution in [2.45, 2.75) is 13.8 Å². The molecule has 1 heterocycles. The minimum Gasteiger partial charge on any atom is -0.494 e. The number of aromatic hydroxyl groups is 1. The smallest absolute Gasteiger partial charge is 0.335 e. The Kier molecular flexibility index (Phi) is 2.78. The first-order valence-corrected chi connectivity index (χ1v) is 5.23. The summed E-state index contributed by atoms with van der Waals surface area (Å²) in [6.07, 6.45) is 0. The van der Waals surface area contributed by atoms with Gasteiger partial charge in [0.25, 0.3) is 5.56 Å². The molecule has 2 rings (SSSR count). The van der Waals surface area contributed by atoms with Crippen LogP contribution in [-0.4, -0.2) is 14.7 Å². The van der Waals surface area contributed by atoms with Gasteiger partial charge in [-0.2, -0.15) is 0 Å². The second kappa shape index (κ2) is 4.14. The highest BCUT2D eigenvalue weighted by molar-refractivity contribution is 5.44. The molecule has 94 valence electrons. The average molecular weight is 250 g/mol. The average Bonchev–Trinajstić information content (AvgIpc) is 2.31. The van der Waals surface area contributed by atoms with Gasteiger partial charge < -0.3 is 5.11 Å². The molecular formula is C12H11FN2O3. The van der Waals surface area contributed by atoms with Gasteiger partial charge in [-0.25, -0.2) is 13.8 Å². The van der Waals surface area contributed by atoms with Gasteiger partial charge in [-0.05, 0) is 31.5 Å². The third kappa shape index (κ3) is 1.81. The molecule has 0 aliphatic rings. The molecule has 2 aromatic rings. The molecule has 0 saturated carbocycles. The van der Waals surface area contributed by atoms with Crippen LogP contribution in [-0.2, 0) is 0 Å². The van der Waals surface area contributed by atoms with Crippen LogP contribution in [0.3, 0.4) is 0 Å². The Morgan fingerprint density at radius 3 is 2.61 bits per heavy atom. The van der Waals surface area contributed by atoms with Crippen molar-refractivity contribution >= 4 is 0 Å². The number of aryl methyl sites for hydroxylation is 1. The lowest BCUT2D eigenvalue weighted by atomic mass is 10.2. The van der Waals surface area contributed by atoms with Crippen molar-refractivity contribution in [1.29, 1.82) is 0 Å². The molecule has 0 bridgehead atoms. The molecule has 0 atom stereocenters. The van der Waals surface area contributed by atoms with E-state index in [1.54, 1.807) is 6.92 Å². The lowest BCUT2D eigenvalue weighted by Crippen LogP contribution is -2.30. The van der Waals surface area contributed by atoms with E-state index >= 15 is 0 Å². The highest BCUT2D eigenvalue weighted by Crippen LogP contribution is 2.19. The van der Waals surface area contributed by atoms with E-state index in [0.717, 1.165) is 10.6 Å². The molecule has 6 heteroatoms. The maximum atomic E-state index is 13.2. The third-order valence-electron chi connectivity index (χ3n) is 2.72. The van der Waals surface area contributed by atoms with E-state index in [0.29, 0.717) is 5.56 Å². The Morgan fingerprint density at radius 1 is 1.28 bits per heavy atom. The molecule has 2 N–H and O–H groups in total. The van der Waals surface area contributed by atoms with E-state index < -0.39 is 22.9 Å². The Balaban J connectivity index is 2.88. The maximum Gasteiger partial charge on any atom is 0.335 e. The molecule has 5 nitrogen and oxygen atoms in total. The van der Waals surface area contributed by atoms with Gasteiger partial charge in [-0.15, -0.1) is 0 Å². The molecule has 0 unspecified atom stereocenters. The van der Waals surface area contributed by atoms with Crippen molar-refractivity contribution in [3.63, 3.8) is 0 Å². The van der Waals surface area contributed by atoms with E-state index in [9.17, 15) is 19.1 Å². The number of rotatable bonds is 1. The van der Waals surface area contributed by atoms with Crippen LogP contribution >= 0.6 is 0 Å². The summed E-state index contributed by atoms with van der Waals surface area (Å²) < 4.78 is 14.1. The topological polar surface area (TPSA) is 75.1 Å². The number of hydrogen-bond acceptors (Lipinski definition) is 3. The number of nitrogens with zero attached hydrogens (tertiary/aromatic N) is 1.